The number of amides is 1. The van der Waals surface area contributed by atoms with E-state index in [2.05, 4.69) is 4.98 Å². The zero-order valence-electron chi connectivity index (χ0n) is 18.1. The monoisotopic (exact) mass is 474 g/mol. The molecule has 32 heavy (non-hydrogen) atoms. The minimum Gasteiger partial charge on any atom is -0.383 e. The lowest BCUT2D eigenvalue weighted by atomic mass is 10.2. The molecule has 0 bridgehead atoms. The zero-order chi connectivity index (χ0) is 23.3. The van der Waals surface area contributed by atoms with Gasteiger partial charge in [0.25, 0.3) is 5.56 Å². The number of carbonyl (C=O) groups is 1. The smallest absolute Gasteiger partial charge is 0.263 e. The van der Waals surface area contributed by atoms with Crippen molar-refractivity contribution in [2.45, 2.75) is 32.0 Å². The third-order valence-corrected chi connectivity index (χ3v) is 7.05. The summed E-state index contributed by atoms with van der Waals surface area (Å²) in [4.78, 5) is 33.9. The third kappa shape index (κ3) is 5.18. The Kier molecular flexibility index (Phi) is 8.01. The van der Waals surface area contributed by atoms with Gasteiger partial charge in [0.15, 0.2) is 5.16 Å². The number of thioether (sulfide) groups is 1. The number of fused-ring (bicyclic) bond motifs is 1. The van der Waals surface area contributed by atoms with Gasteiger partial charge in [0.1, 0.15) is 10.6 Å². The van der Waals surface area contributed by atoms with Crippen LogP contribution in [0, 0.1) is 31.0 Å². The normalized spacial score (nSPS) is 11.0. The van der Waals surface area contributed by atoms with Gasteiger partial charge < -0.3 is 9.64 Å². The predicted octanol–water partition coefficient (Wildman–Crippen LogP) is 3.90. The van der Waals surface area contributed by atoms with Crippen LogP contribution in [0.4, 0.5) is 10.1 Å². The van der Waals surface area contributed by atoms with Gasteiger partial charge in [-0.2, -0.15) is 5.26 Å². The first-order valence-corrected chi connectivity index (χ1v) is 11.7. The topological polar surface area (TPSA) is 88.2 Å². The average Bonchev–Trinajstić information content (AvgIpc) is 3.06. The van der Waals surface area contributed by atoms with Crippen molar-refractivity contribution in [1.29, 1.82) is 5.26 Å². The number of thiophene rings is 1. The van der Waals surface area contributed by atoms with Gasteiger partial charge in [-0.3, -0.25) is 14.2 Å². The van der Waals surface area contributed by atoms with Crippen LogP contribution < -0.4 is 10.5 Å². The molecular weight excluding hydrogens is 451 g/mol. The van der Waals surface area contributed by atoms with Crippen LogP contribution in [0.3, 0.4) is 0 Å². The SMILES string of the molecule is COCCn1c(SCC(=O)N(CCC#N)c2ccc(F)cc2)nc2sc(C)c(C)c2c1=O. The number of anilines is 1. The molecule has 0 saturated carbocycles. The van der Waals surface area contributed by atoms with Crippen molar-refractivity contribution in [3.63, 3.8) is 0 Å². The van der Waals surface area contributed by atoms with Gasteiger partial charge in [-0.1, -0.05) is 11.8 Å². The molecule has 0 unspecified atom stereocenters. The maximum absolute atomic E-state index is 13.3. The number of nitrogens with zero attached hydrogens (tertiary/aromatic N) is 4. The molecule has 0 radical (unpaired) electrons. The molecule has 7 nitrogen and oxygen atoms in total. The van der Waals surface area contributed by atoms with E-state index in [1.807, 2.05) is 19.9 Å². The third-order valence-electron chi connectivity index (χ3n) is 4.98. The second-order valence-electron chi connectivity index (χ2n) is 7.03. The Morgan fingerprint density at radius 1 is 1.34 bits per heavy atom. The van der Waals surface area contributed by atoms with E-state index < -0.39 is 5.82 Å². The molecule has 0 saturated heterocycles. The Morgan fingerprint density at radius 3 is 2.72 bits per heavy atom. The molecule has 168 valence electrons. The van der Waals surface area contributed by atoms with Gasteiger partial charge in [-0.15, -0.1) is 11.3 Å². The van der Waals surface area contributed by atoms with Gasteiger partial charge in [-0.05, 0) is 43.7 Å². The number of halogens is 1. The standard InChI is InChI=1S/C22H23FN4O3S2/c1-14-15(2)32-20-19(14)21(29)27(11-12-30-3)22(25-20)31-13-18(28)26(10-4-9-24)17-7-5-16(23)6-8-17/h5-8H,4,10-13H2,1-3H3. The van der Waals surface area contributed by atoms with E-state index in [4.69, 9.17) is 10.00 Å². The quantitative estimate of drug-likeness (QED) is 0.345. The van der Waals surface area contributed by atoms with Crippen LogP contribution in [-0.2, 0) is 16.1 Å². The number of aryl methyl sites for hydroxylation is 2. The van der Waals surface area contributed by atoms with Crippen LogP contribution in [0.1, 0.15) is 16.9 Å². The lowest BCUT2D eigenvalue weighted by molar-refractivity contribution is -0.116. The minimum atomic E-state index is -0.406. The lowest BCUT2D eigenvalue weighted by Crippen LogP contribution is -2.33. The number of aromatic nitrogens is 2. The number of methoxy groups -OCH3 is 1. The predicted molar refractivity (Wildman–Crippen MR) is 125 cm³/mol. The summed E-state index contributed by atoms with van der Waals surface area (Å²) in [5, 5.41) is 10.00. The number of nitriles is 1. The number of carbonyl (C=O) groups excluding carboxylic acids is 1. The molecule has 3 rings (SSSR count). The van der Waals surface area contributed by atoms with E-state index in [1.165, 1.54) is 40.5 Å². The van der Waals surface area contributed by atoms with Crippen LogP contribution in [0.5, 0.6) is 0 Å². The summed E-state index contributed by atoms with van der Waals surface area (Å²) in [5.74, 6) is -0.656. The largest absolute Gasteiger partial charge is 0.383 e. The molecule has 3 aromatic rings. The van der Waals surface area contributed by atoms with Crippen LogP contribution in [0.15, 0.2) is 34.2 Å². The van der Waals surface area contributed by atoms with E-state index in [9.17, 15) is 14.0 Å². The highest BCUT2D eigenvalue weighted by Gasteiger charge is 2.20. The van der Waals surface area contributed by atoms with Gasteiger partial charge in [0, 0.05) is 24.2 Å². The van der Waals surface area contributed by atoms with Crippen LogP contribution >= 0.6 is 23.1 Å². The molecular formula is C22H23FN4O3S2. The first-order chi connectivity index (χ1) is 15.4. The maximum atomic E-state index is 13.3. The van der Waals surface area contributed by atoms with Crippen molar-refractivity contribution in [3.8, 4) is 6.07 Å². The summed E-state index contributed by atoms with van der Waals surface area (Å²) in [6.07, 6.45) is 0.143. The molecule has 0 aliphatic heterocycles. The molecule has 0 aliphatic rings. The molecule has 1 amide bonds. The Balaban J connectivity index is 1.90. The summed E-state index contributed by atoms with van der Waals surface area (Å²) in [6.45, 7) is 4.70. The van der Waals surface area contributed by atoms with Gasteiger partial charge in [-0.25, -0.2) is 9.37 Å². The summed E-state index contributed by atoms with van der Waals surface area (Å²) in [5.41, 5.74) is 1.28. The van der Waals surface area contributed by atoms with E-state index in [0.717, 1.165) is 22.2 Å². The Hall–Kier alpha value is -2.74. The van der Waals surface area contributed by atoms with E-state index >= 15 is 0 Å². The van der Waals surface area contributed by atoms with Crippen molar-refractivity contribution in [1.82, 2.24) is 9.55 Å². The van der Waals surface area contributed by atoms with Crippen molar-refractivity contribution in [2.75, 3.05) is 30.9 Å². The van der Waals surface area contributed by atoms with E-state index in [1.54, 1.807) is 11.7 Å². The molecule has 2 aromatic heterocycles. The average molecular weight is 475 g/mol. The number of rotatable bonds is 9. The zero-order valence-corrected chi connectivity index (χ0v) is 19.7. The first kappa shape index (κ1) is 23.9. The highest BCUT2D eigenvalue weighted by Crippen LogP contribution is 2.28. The molecule has 1 aromatic carbocycles. The van der Waals surface area contributed by atoms with Crippen molar-refractivity contribution < 1.29 is 13.9 Å². The Morgan fingerprint density at radius 2 is 2.06 bits per heavy atom. The molecule has 0 N–H and O–H groups in total. The summed E-state index contributed by atoms with van der Waals surface area (Å²) >= 11 is 2.62. The number of ether oxygens (including phenoxy) is 1. The second-order valence-corrected chi connectivity index (χ2v) is 9.17. The maximum Gasteiger partial charge on any atom is 0.263 e. The Labute approximate surface area is 193 Å². The van der Waals surface area contributed by atoms with Gasteiger partial charge in [0.05, 0.1) is 36.8 Å². The van der Waals surface area contributed by atoms with Gasteiger partial charge in [0.2, 0.25) is 5.91 Å². The van der Waals surface area contributed by atoms with E-state index in [-0.39, 0.29) is 30.2 Å². The van der Waals surface area contributed by atoms with E-state index in [0.29, 0.717) is 34.2 Å². The summed E-state index contributed by atoms with van der Waals surface area (Å²) < 4.78 is 20.0. The fourth-order valence-corrected chi connectivity index (χ4v) is 5.16. The highest BCUT2D eigenvalue weighted by atomic mass is 32.2. The van der Waals surface area contributed by atoms with Crippen molar-refractivity contribution >= 4 is 44.9 Å². The molecule has 0 spiro atoms. The molecule has 2 heterocycles. The summed E-state index contributed by atoms with van der Waals surface area (Å²) in [7, 11) is 1.56. The fraction of sp³-hybridized carbons (Fsp3) is 0.364. The molecule has 0 fully saturated rings. The first-order valence-electron chi connectivity index (χ1n) is 9.92. The van der Waals surface area contributed by atoms with Crippen LogP contribution in [-0.4, -0.2) is 41.5 Å². The fourth-order valence-electron chi connectivity index (χ4n) is 3.18. The van der Waals surface area contributed by atoms with Crippen molar-refractivity contribution in [3.05, 3.63) is 50.9 Å². The van der Waals surface area contributed by atoms with Crippen molar-refractivity contribution in [2.24, 2.45) is 0 Å². The summed E-state index contributed by atoms with van der Waals surface area (Å²) in [6, 6.07) is 7.59. The Bertz CT molecular complexity index is 1220. The minimum absolute atomic E-state index is 0.0110. The number of benzene rings is 1. The van der Waals surface area contributed by atoms with Gasteiger partial charge >= 0.3 is 0 Å². The second kappa shape index (κ2) is 10.7. The lowest BCUT2D eigenvalue weighted by Gasteiger charge is -2.22. The highest BCUT2D eigenvalue weighted by molar-refractivity contribution is 7.99. The molecule has 0 aliphatic carbocycles. The molecule has 0 atom stereocenters. The van der Waals surface area contributed by atoms with Crippen LogP contribution in [0.25, 0.3) is 10.2 Å². The number of hydrogen-bond donors (Lipinski definition) is 0. The number of hydrogen-bond acceptors (Lipinski definition) is 7. The van der Waals surface area contributed by atoms with Crippen LogP contribution in [0.2, 0.25) is 0 Å². The molecule has 10 heteroatoms.